The molecule has 19 heavy (non-hydrogen) atoms. The number of carbonyl (C=O) groups excluding carboxylic acids is 1. The van der Waals surface area contributed by atoms with Gasteiger partial charge in [0.1, 0.15) is 10.8 Å². The van der Waals surface area contributed by atoms with E-state index in [0.717, 1.165) is 5.56 Å². The lowest BCUT2D eigenvalue weighted by Gasteiger charge is -2.24. The molecule has 104 valence electrons. The smallest absolute Gasteiger partial charge is 0.410 e. The summed E-state index contributed by atoms with van der Waals surface area (Å²) >= 11 is 5.58. The lowest BCUT2D eigenvalue weighted by Crippen LogP contribution is -2.33. The maximum absolute atomic E-state index is 11.8. The Morgan fingerprint density at radius 3 is 2.26 bits per heavy atom. The summed E-state index contributed by atoms with van der Waals surface area (Å²) in [6, 6.07) is 7.20. The van der Waals surface area contributed by atoms with Crippen LogP contribution in [0.15, 0.2) is 24.3 Å². The molecule has 1 rings (SSSR count). The molecule has 5 heteroatoms. The molecule has 0 radical (unpaired) electrons. The third-order valence-electron chi connectivity index (χ3n) is 2.33. The normalized spacial score (nSPS) is 11.0. The van der Waals surface area contributed by atoms with E-state index in [1.54, 1.807) is 19.2 Å². The quantitative estimate of drug-likeness (QED) is 0.861. The van der Waals surface area contributed by atoms with Gasteiger partial charge in [0, 0.05) is 19.2 Å². The zero-order valence-electron chi connectivity index (χ0n) is 11.7. The molecular formula is C14H19ClN2O2. The summed E-state index contributed by atoms with van der Waals surface area (Å²) < 4.78 is 5.27. The number of nitrogens with zero attached hydrogens (tertiary/aromatic N) is 1. The number of hydrogen-bond donors (Lipinski definition) is 1. The van der Waals surface area contributed by atoms with Gasteiger partial charge in [0.15, 0.2) is 0 Å². The number of hydrogen-bond acceptors (Lipinski definition) is 3. The van der Waals surface area contributed by atoms with E-state index in [0.29, 0.717) is 12.1 Å². The molecular weight excluding hydrogens is 264 g/mol. The Bertz CT molecular complexity index is 463. The van der Waals surface area contributed by atoms with Gasteiger partial charge in [-0.15, -0.1) is 0 Å². The second-order valence-electron chi connectivity index (χ2n) is 5.35. The van der Waals surface area contributed by atoms with Crippen molar-refractivity contribution in [2.45, 2.75) is 32.9 Å². The van der Waals surface area contributed by atoms with Crippen molar-refractivity contribution in [3.63, 3.8) is 0 Å². The van der Waals surface area contributed by atoms with Gasteiger partial charge in [-0.2, -0.15) is 0 Å². The van der Waals surface area contributed by atoms with Gasteiger partial charge in [0.05, 0.1) is 0 Å². The topological polar surface area (TPSA) is 53.4 Å². The highest BCUT2D eigenvalue weighted by Gasteiger charge is 2.19. The molecule has 1 amide bonds. The van der Waals surface area contributed by atoms with Crippen LogP contribution < -0.4 is 0 Å². The summed E-state index contributed by atoms with van der Waals surface area (Å²) in [6.45, 7) is 5.95. The summed E-state index contributed by atoms with van der Waals surface area (Å²) in [5, 5.41) is 7.30. The Morgan fingerprint density at radius 1 is 1.32 bits per heavy atom. The van der Waals surface area contributed by atoms with Crippen LogP contribution in [0.2, 0.25) is 0 Å². The highest BCUT2D eigenvalue weighted by atomic mass is 35.5. The van der Waals surface area contributed by atoms with E-state index in [4.69, 9.17) is 21.7 Å². The third-order valence-corrected chi connectivity index (χ3v) is 2.55. The minimum atomic E-state index is -0.497. The Kier molecular flexibility index (Phi) is 4.95. The molecule has 0 unspecified atom stereocenters. The molecule has 0 heterocycles. The van der Waals surface area contributed by atoms with E-state index in [9.17, 15) is 4.79 Å². The Balaban J connectivity index is 2.64. The second kappa shape index (κ2) is 6.06. The van der Waals surface area contributed by atoms with Gasteiger partial charge in [-0.05, 0) is 26.3 Å². The van der Waals surface area contributed by atoms with Crippen LogP contribution in [0.5, 0.6) is 0 Å². The molecule has 0 aliphatic carbocycles. The number of benzene rings is 1. The molecule has 0 aliphatic rings. The molecule has 0 aromatic heterocycles. The van der Waals surface area contributed by atoms with Gasteiger partial charge < -0.3 is 9.64 Å². The summed E-state index contributed by atoms with van der Waals surface area (Å²) in [7, 11) is 1.69. The average Bonchev–Trinajstić information content (AvgIpc) is 2.27. The zero-order valence-corrected chi connectivity index (χ0v) is 12.4. The first kappa shape index (κ1) is 15.5. The fourth-order valence-electron chi connectivity index (χ4n) is 1.43. The largest absolute Gasteiger partial charge is 0.444 e. The molecule has 0 aliphatic heterocycles. The molecule has 0 atom stereocenters. The van der Waals surface area contributed by atoms with Crippen molar-refractivity contribution in [1.29, 1.82) is 5.41 Å². The van der Waals surface area contributed by atoms with Gasteiger partial charge in [0.25, 0.3) is 0 Å². The Labute approximate surface area is 118 Å². The van der Waals surface area contributed by atoms with E-state index in [-0.39, 0.29) is 11.3 Å². The van der Waals surface area contributed by atoms with Crippen molar-refractivity contribution in [2.75, 3.05) is 7.05 Å². The molecule has 0 saturated carbocycles. The van der Waals surface area contributed by atoms with Crippen LogP contribution in [-0.4, -0.2) is 28.8 Å². The minimum Gasteiger partial charge on any atom is -0.444 e. The fraction of sp³-hybridized carbons (Fsp3) is 0.429. The first-order chi connectivity index (χ1) is 8.69. The van der Waals surface area contributed by atoms with Crippen molar-refractivity contribution in [3.05, 3.63) is 35.4 Å². The summed E-state index contributed by atoms with van der Waals surface area (Å²) in [5.41, 5.74) is 1.11. The Hall–Kier alpha value is -1.55. The lowest BCUT2D eigenvalue weighted by atomic mass is 10.1. The SMILES string of the molecule is CN(Cc1ccc(C(=N)Cl)cc1)C(=O)OC(C)(C)C. The number of amides is 1. The zero-order chi connectivity index (χ0) is 14.6. The molecule has 1 aromatic carbocycles. The monoisotopic (exact) mass is 282 g/mol. The van der Waals surface area contributed by atoms with Crippen LogP contribution in [0.4, 0.5) is 4.79 Å². The third kappa shape index (κ3) is 5.30. The number of carbonyl (C=O) groups is 1. The maximum Gasteiger partial charge on any atom is 0.410 e. The predicted octanol–water partition coefficient (Wildman–Crippen LogP) is 3.62. The van der Waals surface area contributed by atoms with Crippen LogP contribution in [0.1, 0.15) is 31.9 Å². The first-order valence-corrected chi connectivity index (χ1v) is 6.34. The van der Waals surface area contributed by atoms with E-state index < -0.39 is 5.60 Å². The van der Waals surface area contributed by atoms with Crippen molar-refractivity contribution in [3.8, 4) is 0 Å². The van der Waals surface area contributed by atoms with E-state index in [2.05, 4.69) is 0 Å². The van der Waals surface area contributed by atoms with Crippen LogP contribution in [0.25, 0.3) is 0 Å². The average molecular weight is 283 g/mol. The number of halogens is 1. The molecule has 1 N–H and O–H groups in total. The number of rotatable bonds is 3. The second-order valence-corrected chi connectivity index (χ2v) is 5.73. The van der Waals surface area contributed by atoms with Gasteiger partial charge in [0.2, 0.25) is 0 Å². The molecule has 0 fully saturated rings. The summed E-state index contributed by atoms with van der Waals surface area (Å²) in [6.07, 6.45) is -0.360. The first-order valence-electron chi connectivity index (χ1n) is 5.96. The Morgan fingerprint density at radius 2 is 1.84 bits per heavy atom. The van der Waals surface area contributed by atoms with Gasteiger partial charge in [-0.1, -0.05) is 35.9 Å². The molecule has 1 aromatic rings. The highest BCUT2D eigenvalue weighted by molar-refractivity contribution is 6.68. The fourth-order valence-corrected chi connectivity index (χ4v) is 1.56. The predicted molar refractivity (Wildman–Crippen MR) is 76.8 cm³/mol. The van der Waals surface area contributed by atoms with E-state index in [1.165, 1.54) is 4.90 Å². The van der Waals surface area contributed by atoms with Crippen molar-refractivity contribution < 1.29 is 9.53 Å². The maximum atomic E-state index is 11.8. The number of nitrogens with one attached hydrogen (secondary N) is 1. The number of ether oxygens (including phenoxy) is 1. The van der Waals surface area contributed by atoms with Crippen LogP contribution in [0.3, 0.4) is 0 Å². The van der Waals surface area contributed by atoms with Crippen LogP contribution >= 0.6 is 11.6 Å². The summed E-state index contributed by atoms with van der Waals surface area (Å²) in [4.78, 5) is 13.3. The van der Waals surface area contributed by atoms with Crippen molar-refractivity contribution in [2.24, 2.45) is 0 Å². The van der Waals surface area contributed by atoms with E-state index in [1.807, 2.05) is 32.9 Å². The lowest BCUT2D eigenvalue weighted by molar-refractivity contribution is 0.0285. The minimum absolute atomic E-state index is 0.00652. The summed E-state index contributed by atoms with van der Waals surface area (Å²) in [5.74, 6) is 0. The van der Waals surface area contributed by atoms with Gasteiger partial charge in [-0.25, -0.2) is 4.79 Å². The molecule has 0 spiro atoms. The van der Waals surface area contributed by atoms with Crippen LogP contribution in [0, 0.1) is 5.41 Å². The highest BCUT2D eigenvalue weighted by Crippen LogP contribution is 2.12. The van der Waals surface area contributed by atoms with Gasteiger partial charge >= 0.3 is 6.09 Å². The van der Waals surface area contributed by atoms with E-state index >= 15 is 0 Å². The molecule has 0 bridgehead atoms. The van der Waals surface area contributed by atoms with Crippen molar-refractivity contribution >= 4 is 22.9 Å². The standard InChI is InChI=1S/C14H19ClN2O2/c1-14(2,3)19-13(18)17(4)9-10-5-7-11(8-6-10)12(15)16/h5-8,16H,9H2,1-4H3. The van der Waals surface area contributed by atoms with Crippen LogP contribution in [-0.2, 0) is 11.3 Å². The van der Waals surface area contributed by atoms with Gasteiger partial charge in [-0.3, -0.25) is 5.41 Å². The van der Waals surface area contributed by atoms with Crippen molar-refractivity contribution in [1.82, 2.24) is 4.90 Å². The molecule has 4 nitrogen and oxygen atoms in total. The molecule has 0 saturated heterocycles.